The molecule has 0 atom stereocenters. The van der Waals surface area contributed by atoms with Crippen molar-refractivity contribution >= 4 is 23.2 Å². The molecule has 0 unspecified atom stereocenters. The molecule has 7 heteroatoms. The number of rotatable bonds is 6. The van der Waals surface area contributed by atoms with Gasteiger partial charge in [-0.1, -0.05) is 23.7 Å². The molecule has 2 heterocycles. The van der Waals surface area contributed by atoms with Crippen LogP contribution < -0.4 is 9.47 Å². The highest BCUT2D eigenvalue weighted by Crippen LogP contribution is 2.33. The normalized spacial score (nSPS) is 10.8. The van der Waals surface area contributed by atoms with E-state index in [1.165, 1.54) is 7.11 Å². The molecule has 0 aliphatic carbocycles. The number of imidazole rings is 1. The molecule has 0 spiro atoms. The topological polar surface area (TPSA) is 62.1 Å². The molecule has 0 fully saturated rings. The molecule has 0 aliphatic heterocycles. The lowest BCUT2D eigenvalue weighted by atomic mass is 10.1. The van der Waals surface area contributed by atoms with E-state index in [0.717, 1.165) is 22.5 Å². The SMILES string of the molecule is COC(=O)c1ccc2nc(-c3ccc(OCc4ccc(Cl)cc4)c(OC)c3)cn2c1. The third-order valence-electron chi connectivity index (χ3n) is 4.64. The quantitative estimate of drug-likeness (QED) is 0.408. The number of benzene rings is 2. The summed E-state index contributed by atoms with van der Waals surface area (Å²) in [6, 6.07) is 16.6. The van der Waals surface area contributed by atoms with E-state index < -0.39 is 5.97 Å². The molecule has 0 saturated heterocycles. The molecule has 0 radical (unpaired) electrons. The van der Waals surface area contributed by atoms with Gasteiger partial charge in [-0.25, -0.2) is 9.78 Å². The highest BCUT2D eigenvalue weighted by molar-refractivity contribution is 6.30. The zero-order valence-electron chi connectivity index (χ0n) is 16.5. The second-order valence-corrected chi connectivity index (χ2v) is 7.02. The molecule has 2 aromatic heterocycles. The Morgan fingerprint density at radius 2 is 1.80 bits per heavy atom. The number of carbonyl (C=O) groups excluding carboxylic acids is 1. The summed E-state index contributed by atoms with van der Waals surface area (Å²) in [5, 5.41) is 0.687. The summed E-state index contributed by atoms with van der Waals surface area (Å²) in [5.74, 6) is 0.845. The molecule has 0 saturated carbocycles. The van der Waals surface area contributed by atoms with Gasteiger partial charge >= 0.3 is 5.97 Å². The van der Waals surface area contributed by atoms with Gasteiger partial charge in [-0.05, 0) is 48.0 Å². The van der Waals surface area contributed by atoms with E-state index in [-0.39, 0.29) is 0 Å². The zero-order chi connectivity index (χ0) is 21.1. The highest BCUT2D eigenvalue weighted by atomic mass is 35.5. The van der Waals surface area contributed by atoms with Gasteiger partial charge in [0.2, 0.25) is 0 Å². The summed E-state index contributed by atoms with van der Waals surface area (Å²) in [7, 11) is 2.95. The number of fused-ring (bicyclic) bond motifs is 1. The fourth-order valence-corrected chi connectivity index (χ4v) is 3.18. The maximum atomic E-state index is 11.7. The van der Waals surface area contributed by atoms with Crippen molar-refractivity contribution in [3.63, 3.8) is 0 Å². The number of halogens is 1. The van der Waals surface area contributed by atoms with Crippen LogP contribution in [-0.2, 0) is 11.3 Å². The van der Waals surface area contributed by atoms with Crippen LogP contribution in [-0.4, -0.2) is 29.6 Å². The first-order chi connectivity index (χ1) is 14.6. The lowest BCUT2D eigenvalue weighted by Gasteiger charge is -2.12. The molecule has 4 aromatic rings. The third-order valence-corrected chi connectivity index (χ3v) is 4.89. The summed E-state index contributed by atoms with van der Waals surface area (Å²) in [4.78, 5) is 16.4. The molecule has 0 bridgehead atoms. The van der Waals surface area contributed by atoms with Gasteiger partial charge in [0.15, 0.2) is 11.5 Å². The van der Waals surface area contributed by atoms with Crippen LogP contribution in [0.5, 0.6) is 11.5 Å². The Morgan fingerprint density at radius 1 is 1.00 bits per heavy atom. The molecule has 6 nitrogen and oxygen atoms in total. The van der Waals surface area contributed by atoms with E-state index >= 15 is 0 Å². The van der Waals surface area contributed by atoms with Crippen LogP contribution in [0, 0.1) is 0 Å². The summed E-state index contributed by atoms with van der Waals surface area (Å²) in [6.45, 7) is 0.400. The van der Waals surface area contributed by atoms with Crippen molar-refractivity contribution in [1.82, 2.24) is 9.38 Å². The second-order valence-electron chi connectivity index (χ2n) is 6.58. The third kappa shape index (κ3) is 4.09. The number of aromatic nitrogens is 2. The van der Waals surface area contributed by atoms with Gasteiger partial charge < -0.3 is 18.6 Å². The van der Waals surface area contributed by atoms with Crippen LogP contribution in [0.25, 0.3) is 16.9 Å². The summed E-state index contributed by atoms with van der Waals surface area (Å²) in [6.07, 6.45) is 3.54. The van der Waals surface area contributed by atoms with Gasteiger partial charge in [-0.3, -0.25) is 0 Å². The summed E-state index contributed by atoms with van der Waals surface area (Å²) < 4.78 is 18.0. The lowest BCUT2D eigenvalue weighted by Crippen LogP contribution is -2.02. The second kappa shape index (κ2) is 8.47. The smallest absolute Gasteiger partial charge is 0.339 e. The number of esters is 1. The number of nitrogens with zero attached hydrogens (tertiary/aromatic N) is 2. The minimum absolute atomic E-state index is 0.393. The molecule has 0 aliphatic rings. The number of carbonyl (C=O) groups is 1. The van der Waals surface area contributed by atoms with Crippen molar-refractivity contribution in [2.45, 2.75) is 6.61 Å². The Kier molecular flexibility index (Phi) is 5.59. The largest absolute Gasteiger partial charge is 0.493 e. The van der Waals surface area contributed by atoms with Gasteiger partial charge in [0, 0.05) is 23.0 Å². The average Bonchev–Trinajstić information content (AvgIpc) is 3.21. The first kappa shape index (κ1) is 19.8. The fourth-order valence-electron chi connectivity index (χ4n) is 3.06. The van der Waals surface area contributed by atoms with E-state index in [1.54, 1.807) is 29.8 Å². The van der Waals surface area contributed by atoms with Gasteiger partial charge in [0.05, 0.1) is 25.5 Å². The van der Waals surface area contributed by atoms with Crippen LogP contribution in [0.15, 0.2) is 67.0 Å². The van der Waals surface area contributed by atoms with E-state index in [9.17, 15) is 4.79 Å². The molecular formula is C23H19ClN2O4. The van der Waals surface area contributed by atoms with Gasteiger partial charge in [0.25, 0.3) is 0 Å². The minimum atomic E-state index is -0.393. The minimum Gasteiger partial charge on any atom is -0.493 e. The Hall–Kier alpha value is -3.51. The Bertz CT molecular complexity index is 1200. The first-order valence-corrected chi connectivity index (χ1v) is 9.58. The monoisotopic (exact) mass is 422 g/mol. The van der Waals surface area contributed by atoms with Gasteiger partial charge in [-0.15, -0.1) is 0 Å². The predicted octanol–water partition coefficient (Wildman–Crippen LogP) is 5.03. The maximum absolute atomic E-state index is 11.7. The van der Waals surface area contributed by atoms with E-state index in [1.807, 2.05) is 48.7 Å². The average molecular weight is 423 g/mol. The number of hydrogen-bond donors (Lipinski definition) is 0. The maximum Gasteiger partial charge on any atom is 0.339 e. The number of methoxy groups -OCH3 is 2. The molecule has 4 rings (SSSR count). The van der Waals surface area contributed by atoms with E-state index in [2.05, 4.69) is 4.98 Å². The van der Waals surface area contributed by atoms with Crippen LogP contribution in [0.2, 0.25) is 5.02 Å². The van der Waals surface area contributed by atoms with E-state index in [4.69, 9.17) is 25.8 Å². The van der Waals surface area contributed by atoms with Crippen LogP contribution in [0.4, 0.5) is 0 Å². The van der Waals surface area contributed by atoms with Crippen molar-refractivity contribution in [1.29, 1.82) is 0 Å². The van der Waals surface area contributed by atoms with E-state index in [0.29, 0.717) is 28.7 Å². The number of pyridine rings is 1. The van der Waals surface area contributed by atoms with Crippen molar-refractivity contribution in [2.75, 3.05) is 14.2 Å². The number of ether oxygens (including phenoxy) is 3. The van der Waals surface area contributed by atoms with Crippen molar-refractivity contribution in [3.8, 4) is 22.8 Å². The zero-order valence-corrected chi connectivity index (χ0v) is 17.2. The van der Waals surface area contributed by atoms with Crippen LogP contribution >= 0.6 is 11.6 Å². The highest BCUT2D eigenvalue weighted by Gasteiger charge is 2.12. The van der Waals surface area contributed by atoms with Crippen molar-refractivity contribution in [3.05, 3.63) is 83.1 Å². The lowest BCUT2D eigenvalue weighted by molar-refractivity contribution is 0.0600. The molecule has 30 heavy (non-hydrogen) atoms. The first-order valence-electron chi connectivity index (χ1n) is 9.20. The number of hydrogen-bond acceptors (Lipinski definition) is 5. The van der Waals surface area contributed by atoms with Crippen LogP contribution in [0.1, 0.15) is 15.9 Å². The van der Waals surface area contributed by atoms with Crippen LogP contribution in [0.3, 0.4) is 0 Å². The Morgan fingerprint density at radius 3 is 2.53 bits per heavy atom. The molecule has 0 amide bonds. The fraction of sp³-hybridized carbons (Fsp3) is 0.130. The Balaban J connectivity index is 1.58. The molecule has 0 N–H and O–H groups in total. The summed E-state index contributed by atoms with van der Waals surface area (Å²) in [5.41, 5.74) is 3.80. The predicted molar refractivity (Wildman–Crippen MR) is 114 cm³/mol. The molecular weight excluding hydrogens is 404 g/mol. The summed E-state index contributed by atoms with van der Waals surface area (Å²) >= 11 is 5.92. The van der Waals surface area contributed by atoms with Gasteiger partial charge in [-0.2, -0.15) is 0 Å². The molecule has 152 valence electrons. The van der Waals surface area contributed by atoms with Crippen molar-refractivity contribution in [2.24, 2.45) is 0 Å². The van der Waals surface area contributed by atoms with Gasteiger partial charge in [0.1, 0.15) is 12.3 Å². The molecule has 2 aromatic carbocycles. The van der Waals surface area contributed by atoms with Crippen molar-refractivity contribution < 1.29 is 19.0 Å². The standard InChI is InChI=1S/C23H19ClN2O4/c1-28-21-11-16(5-9-20(21)30-14-15-3-7-18(24)8-4-15)19-13-26-12-17(23(27)29-2)6-10-22(26)25-19/h3-13H,14H2,1-2H3. The Labute approximate surface area is 178 Å².